The summed E-state index contributed by atoms with van der Waals surface area (Å²) in [5, 5.41) is 7.71. The van der Waals surface area contributed by atoms with Crippen LogP contribution in [0, 0.1) is 0 Å². The summed E-state index contributed by atoms with van der Waals surface area (Å²) in [6.07, 6.45) is 11.3. The Kier molecular flexibility index (Phi) is 7.98. The molecular weight excluding hydrogens is 242 g/mol. The van der Waals surface area contributed by atoms with Crippen molar-refractivity contribution < 1.29 is 0 Å². The van der Waals surface area contributed by atoms with Gasteiger partial charge < -0.3 is 10.6 Å². The van der Waals surface area contributed by atoms with Crippen molar-refractivity contribution in [1.82, 2.24) is 10.6 Å². The van der Waals surface area contributed by atoms with Gasteiger partial charge in [0.05, 0.1) is 0 Å². The summed E-state index contributed by atoms with van der Waals surface area (Å²) >= 11 is 1.99. The predicted octanol–water partition coefficient (Wildman–Crippen LogP) is 2.79. The summed E-state index contributed by atoms with van der Waals surface area (Å²) < 4.78 is 0. The Morgan fingerprint density at radius 1 is 1.44 bits per heavy atom. The van der Waals surface area contributed by atoms with E-state index in [0.29, 0.717) is 6.04 Å². The largest absolute Gasteiger partial charge is 0.357 e. The Labute approximate surface area is 116 Å². The smallest absolute Gasteiger partial charge is 0.191 e. The summed E-state index contributed by atoms with van der Waals surface area (Å²) in [6.45, 7) is 5.95. The van der Waals surface area contributed by atoms with Gasteiger partial charge in [-0.05, 0) is 45.8 Å². The normalized spacial score (nSPS) is 24.7. The van der Waals surface area contributed by atoms with E-state index in [2.05, 4.69) is 41.0 Å². The van der Waals surface area contributed by atoms with Crippen molar-refractivity contribution in [2.75, 3.05) is 19.3 Å². The molecule has 0 radical (unpaired) electrons. The molecule has 0 aromatic rings. The maximum Gasteiger partial charge on any atom is 0.191 e. The van der Waals surface area contributed by atoms with Gasteiger partial charge in [-0.2, -0.15) is 11.8 Å². The molecule has 3 nitrogen and oxygen atoms in total. The van der Waals surface area contributed by atoms with E-state index in [1.54, 1.807) is 0 Å². The van der Waals surface area contributed by atoms with E-state index in [9.17, 15) is 0 Å². The highest BCUT2D eigenvalue weighted by Crippen LogP contribution is 2.27. The van der Waals surface area contributed by atoms with Crippen LogP contribution in [0.1, 0.15) is 39.5 Å². The van der Waals surface area contributed by atoms with Crippen LogP contribution in [0.4, 0.5) is 0 Å². The van der Waals surface area contributed by atoms with Crippen molar-refractivity contribution in [1.29, 1.82) is 0 Å². The van der Waals surface area contributed by atoms with Gasteiger partial charge in [0, 0.05) is 24.4 Å². The van der Waals surface area contributed by atoms with Crippen LogP contribution >= 0.6 is 11.8 Å². The summed E-state index contributed by atoms with van der Waals surface area (Å²) in [5.74, 6) is 0.980. The van der Waals surface area contributed by atoms with Crippen LogP contribution in [-0.2, 0) is 0 Å². The first-order valence-electron chi connectivity index (χ1n) is 6.99. The molecule has 104 valence electrons. The van der Waals surface area contributed by atoms with E-state index >= 15 is 0 Å². The minimum absolute atomic E-state index is 0.599. The zero-order chi connectivity index (χ0) is 13.2. The molecule has 0 bridgehead atoms. The lowest BCUT2D eigenvalue weighted by Gasteiger charge is -2.17. The van der Waals surface area contributed by atoms with Crippen LogP contribution in [-0.4, -0.2) is 36.6 Å². The highest BCUT2D eigenvalue weighted by molar-refractivity contribution is 7.99. The number of nitrogens with zero attached hydrogens (tertiary/aromatic N) is 1. The number of hydrogen-bond acceptors (Lipinski definition) is 2. The van der Waals surface area contributed by atoms with E-state index in [1.165, 1.54) is 19.3 Å². The third-order valence-electron chi connectivity index (χ3n) is 3.20. The van der Waals surface area contributed by atoms with Crippen LogP contribution in [0.2, 0.25) is 0 Å². The summed E-state index contributed by atoms with van der Waals surface area (Å²) in [4.78, 5) is 4.60. The van der Waals surface area contributed by atoms with Crippen LogP contribution in [0.3, 0.4) is 0 Å². The fourth-order valence-corrected chi connectivity index (χ4v) is 3.01. The predicted molar refractivity (Wildman–Crippen MR) is 83.5 cm³/mol. The average molecular weight is 269 g/mol. The Hall–Kier alpha value is -0.640. The van der Waals surface area contributed by atoms with E-state index < -0.39 is 0 Å². The molecule has 4 heteroatoms. The van der Waals surface area contributed by atoms with Gasteiger partial charge in [-0.15, -0.1) is 0 Å². The van der Waals surface area contributed by atoms with Crippen molar-refractivity contribution >= 4 is 17.7 Å². The molecule has 0 aromatic carbocycles. The first-order chi connectivity index (χ1) is 8.80. The monoisotopic (exact) mass is 269 g/mol. The molecule has 1 aliphatic carbocycles. The maximum absolute atomic E-state index is 4.60. The van der Waals surface area contributed by atoms with Gasteiger partial charge in [0.2, 0.25) is 0 Å². The third kappa shape index (κ3) is 5.80. The van der Waals surface area contributed by atoms with Crippen molar-refractivity contribution in [3.05, 3.63) is 12.2 Å². The molecule has 2 N–H and O–H groups in total. The van der Waals surface area contributed by atoms with Crippen LogP contribution in [0.5, 0.6) is 0 Å². The van der Waals surface area contributed by atoms with Gasteiger partial charge in [-0.3, -0.25) is 4.99 Å². The highest BCUT2D eigenvalue weighted by Gasteiger charge is 2.24. The number of thioether (sulfide) groups is 1. The quantitative estimate of drug-likeness (QED) is 0.337. The molecule has 0 spiro atoms. The third-order valence-corrected chi connectivity index (χ3v) is 4.30. The van der Waals surface area contributed by atoms with Crippen LogP contribution in [0.15, 0.2) is 17.1 Å². The average Bonchev–Trinajstić information content (AvgIpc) is 2.82. The molecule has 1 aliphatic rings. The van der Waals surface area contributed by atoms with Crippen molar-refractivity contribution in [3.63, 3.8) is 0 Å². The summed E-state index contributed by atoms with van der Waals surface area (Å²) in [7, 11) is 0. The van der Waals surface area contributed by atoms with Gasteiger partial charge in [-0.25, -0.2) is 0 Å². The lowest BCUT2D eigenvalue weighted by molar-refractivity contribution is 0.615. The molecule has 0 saturated heterocycles. The molecule has 0 amide bonds. The molecular formula is C14H27N3S. The second-order valence-corrected chi connectivity index (χ2v) is 5.77. The van der Waals surface area contributed by atoms with E-state index in [4.69, 9.17) is 0 Å². The van der Waals surface area contributed by atoms with Gasteiger partial charge in [-0.1, -0.05) is 12.2 Å². The first-order valence-corrected chi connectivity index (χ1v) is 8.27. The molecule has 1 fully saturated rings. The Balaban J connectivity index is 2.37. The second-order valence-electron chi connectivity index (χ2n) is 4.63. The first kappa shape index (κ1) is 15.4. The van der Waals surface area contributed by atoms with E-state index in [1.807, 2.05) is 18.7 Å². The van der Waals surface area contributed by atoms with E-state index in [0.717, 1.165) is 30.7 Å². The number of nitrogens with one attached hydrogen (secondary N) is 2. The molecule has 0 heterocycles. The van der Waals surface area contributed by atoms with Gasteiger partial charge >= 0.3 is 0 Å². The van der Waals surface area contributed by atoms with Gasteiger partial charge in [0.1, 0.15) is 0 Å². The minimum atomic E-state index is 0.599. The number of guanidine groups is 1. The topological polar surface area (TPSA) is 36.4 Å². The second kappa shape index (κ2) is 9.31. The lowest BCUT2D eigenvalue weighted by atomic mass is 10.2. The zero-order valence-corrected chi connectivity index (χ0v) is 12.7. The number of aliphatic imine (C=N–C) groups is 1. The number of hydrogen-bond donors (Lipinski definition) is 2. The van der Waals surface area contributed by atoms with Gasteiger partial charge in [0.25, 0.3) is 0 Å². The van der Waals surface area contributed by atoms with Crippen molar-refractivity contribution in [2.45, 2.75) is 50.8 Å². The van der Waals surface area contributed by atoms with Gasteiger partial charge in [0.15, 0.2) is 5.96 Å². The molecule has 2 atom stereocenters. The summed E-state index contributed by atoms with van der Waals surface area (Å²) in [6, 6.07) is 0.599. The molecule has 18 heavy (non-hydrogen) atoms. The SMILES string of the molecule is C/C=C/CCN=C(NCC)NC1CCC(SC)C1. The van der Waals surface area contributed by atoms with Crippen LogP contribution in [0.25, 0.3) is 0 Å². The molecule has 2 unspecified atom stereocenters. The molecule has 1 saturated carbocycles. The van der Waals surface area contributed by atoms with Crippen molar-refractivity contribution in [3.8, 4) is 0 Å². The fraction of sp³-hybridized carbons (Fsp3) is 0.786. The van der Waals surface area contributed by atoms with E-state index in [-0.39, 0.29) is 0 Å². The maximum atomic E-state index is 4.60. The number of rotatable bonds is 6. The molecule has 0 aromatic heterocycles. The fourth-order valence-electron chi connectivity index (χ4n) is 2.22. The highest BCUT2D eigenvalue weighted by atomic mass is 32.2. The molecule has 1 rings (SSSR count). The van der Waals surface area contributed by atoms with Crippen LogP contribution < -0.4 is 10.6 Å². The zero-order valence-electron chi connectivity index (χ0n) is 11.9. The Morgan fingerprint density at radius 2 is 2.28 bits per heavy atom. The molecule has 0 aliphatic heterocycles. The standard InChI is InChI=1S/C14H27N3S/c1-4-6-7-10-16-14(15-5-2)17-12-8-9-13(11-12)18-3/h4,6,12-13H,5,7-11H2,1-3H3,(H2,15,16,17)/b6-4+. The number of allylic oxidation sites excluding steroid dienone is 1. The summed E-state index contributed by atoms with van der Waals surface area (Å²) in [5.41, 5.74) is 0. The van der Waals surface area contributed by atoms with Crippen molar-refractivity contribution in [2.24, 2.45) is 4.99 Å². The minimum Gasteiger partial charge on any atom is -0.357 e. The Morgan fingerprint density at radius 3 is 2.89 bits per heavy atom. The lowest BCUT2D eigenvalue weighted by Crippen LogP contribution is -2.42. The Bertz CT molecular complexity index is 276.